The zero-order valence-corrected chi connectivity index (χ0v) is 25.0. The maximum Gasteiger partial charge on any atom is 0.304 e. The number of fused-ring (bicyclic) bond motifs is 3. The van der Waals surface area contributed by atoms with Gasteiger partial charge in [-0.2, -0.15) is 0 Å². The van der Waals surface area contributed by atoms with Gasteiger partial charge in [0.25, 0.3) is 0 Å². The third kappa shape index (κ3) is 10.8. The summed E-state index contributed by atoms with van der Waals surface area (Å²) in [6.45, 7) is 25.8. The van der Waals surface area contributed by atoms with Gasteiger partial charge in [0.15, 0.2) is 0 Å². The van der Waals surface area contributed by atoms with Gasteiger partial charge in [-0.15, -0.1) is 13.2 Å². The number of aromatic nitrogens is 1. The van der Waals surface area contributed by atoms with Crippen LogP contribution in [0.25, 0.3) is 10.9 Å². The molecule has 1 N–H and O–H groups in total. The van der Waals surface area contributed by atoms with Gasteiger partial charge in [0, 0.05) is 28.4 Å². The molecule has 2 heterocycles. The van der Waals surface area contributed by atoms with Gasteiger partial charge in [0.1, 0.15) is 5.82 Å². The second-order valence-electron chi connectivity index (χ2n) is 8.00. The van der Waals surface area contributed by atoms with Gasteiger partial charge in [0.05, 0.1) is 11.9 Å². The molecule has 3 nitrogen and oxygen atoms in total. The lowest BCUT2D eigenvalue weighted by Gasteiger charge is -2.12. The fourth-order valence-electron chi connectivity index (χ4n) is 3.72. The number of benzene rings is 1. The van der Waals surface area contributed by atoms with E-state index in [2.05, 4.69) is 56.9 Å². The number of halogens is 1. The Morgan fingerprint density at radius 1 is 1.19 bits per heavy atom. The second-order valence-corrected chi connectivity index (χ2v) is 8.91. The fraction of sp³-hybridized carbons (Fsp3) is 0.516. The molecule has 5 heteroatoms. The topological polar surface area (TPSA) is 42.2 Å². The van der Waals surface area contributed by atoms with Crippen LogP contribution in [0.4, 0.5) is 4.39 Å². The summed E-state index contributed by atoms with van der Waals surface area (Å²) < 4.78 is 16.4. The maximum atomic E-state index is 14.2. The highest BCUT2D eigenvalue weighted by Gasteiger charge is 2.32. The average molecular weight is 520 g/mol. The van der Waals surface area contributed by atoms with Gasteiger partial charge < -0.3 is 9.67 Å². The largest absolute Gasteiger partial charge is 0.481 e. The molecular weight excluding hydrogens is 469 g/mol. The number of carboxylic acids is 1. The van der Waals surface area contributed by atoms with Crippen molar-refractivity contribution in [1.29, 1.82) is 0 Å². The van der Waals surface area contributed by atoms with Crippen LogP contribution in [-0.4, -0.2) is 15.6 Å². The zero-order chi connectivity index (χ0) is 28.3. The van der Waals surface area contributed by atoms with Crippen LogP contribution in [0.5, 0.6) is 0 Å². The number of aliphatic carboxylic acids is 1. The number of allylic oxidation sites excluding steroid dienone is 3. The number of hydrogen-bond donors (Lipinski definition) is 1. The SMILES string of the molecule is C=CC.C=CCC.CC.CC.CC/C=C/Sc1c2n(c3cc(F)cc(C(C)C)c13)CCC2CC(=O)O. The first-order valence-electron chi connectivity index (χ1n) is 13.3. The summed E-state index contributed by atoms with van der Waals surface area (Å²) in [4.78, 5) is 12.4. The predicted octanol–water partition coefficient (Wildman–Crippen LogP) is 10.7. The van der Waals surface area contributed by atoms with E-state index >= 15 is 0 Å². The summed E-state index contributed by atoms with van der Waals surface area (Å²) in [6.07, 6.45) is 8.68. The van der Waals surface area contributed by atoms with Crippen LogP contribution >= 0.6 is 11.8 Å². The molecule has 2 aromatic rings. The van der Waals surface area contributed by atoms with Crippen LogP contribution in [0.3, 0.4) is 0 Å². The number of nitrogens with zero attached hydrogens (tertiary/aromatic N) is 1. The standard InChI is InChI=1S/C20H24FNO2S.C4H8.C3H6.2C2H6/c1-4-5-8-25-20-18-15(12(2)3)10-14(21)11-16(18)22-7-6-13(19(20)22)9-17(23)24;1-3-4-2;1-3-2;2*1-2/h5,8,10-13H,4,6-7,9H2,1-3H3,(H,23,24);3H,1,4H2,2H3;3H,1H2,2H3;2*1-2H3/b8-5+;;;;. The normalized spacial score (nSPS) is 13.2. The van der Waals surface area contributed by atoms with Gasteiger partial charge in [-0.25, -0.2) is 4.39 Å². The van der Waals surface area contributed by atoms with E-state index in [-0.39, 0.29) is 24.1 Å². The van der Waals surface area contributed by atoms with Crippen molar-refractivity contribution in [3.05, 3.63) is 66.0 Å². The smallest absolute Gasteiger partial charge is 0.304 e. The van der Waals surface area contributed by atoms with E-state index in [0.29, 0.717) is 0 Å². The second kappa shape index (κ2) is 20.9. The van der Waals surface area contributed by atoms with Gasteiger partial charge in [-0.1, -0.05) is 85.4 Å². The van der Waals surface area contributed by atoms with Crippen LogP contribution in [0.1, 0.15) is 111 Å². The van der Waals surface area contributed by atoms with Crippen LogP contribution in [-0.2, 0) is 11.3 Å². The van der Waals surface area contributed by atoms with Crippen LogP contribution < -0.4 is 0 Å². The minimum atomic E-state index is -0.779. The highest BCUT2D eigenvalue weighted by atomic mass is 32.2. The minimum Gasteiger partial charge on any atom is -0.481 e. The minimum absolute atomic E-state index is 0.00880. The Balaban J connectivity index is 0. The lowest BCUT2D eigenvalue weighted by atomic mass is 9.96. The van der Waals surface area contributed by atoms with Gasteiger partial charge in [-0.3, -0.25) is 4.79 Å². The first-order valence-corrected chi connectivity index (χ1v) is 14.2. The molecule has 3 rings (SSSR count). The summed E-state index contributed by atoms with van der Waals surface area (Å²) in [5, 5.41) is 12.4. The van der Waals surface area contributed by atoms with E-state index in [1.807, 2.05) is 40.7 Å². The summed E-state index contributed by atoms with van der Waals surface area (Å²) in [5.74, 6) is -0.808. The number of hydrogen-bond acceptors (Lipinski definition) is 2. The van der Waals surface area contributed by atoms with E-state index in [4.69, 9.17) is 0 Å². The van der Waals surface area contributed by atoms with Crippen molar-refractivity contribution < 1.29 is 14.3 Å². The van der Waals surface area contributed by atoms with Crippen LogP contribution in [0.2, 0.25) is 0 Å². The number of rotatable bonds is 7. The van der Waals surface area contributed by atoms with Gasteiger partial charge in [0.2, 0.25) is 0 Å². The Hall–Kier alpha value is -2.27. The van der Waals surface area contributed by atoms with E-state index in [0.717, 1.165) is 52.9 Å². The van der Waals surface area contributed by atoms with E-state index in [1.165, 1.54) is 0 Å². The molecule has 0 fully saturated rings. The quantitative estimate of drug-likeness (QED) is 0.292. The number of aryl methyl sites for hydroxylation is 1. The van der Waals surface area contributed by atoms with Crippen molar-refractivity contribution in [3.63, 3.8) is 0 Å². The number of thioether (sulfide) groups is 1. The van der Waals surface area contributed by atoms with Crippen molar-refractivity contribution in [2.75, 3.05) is 0 Å². The molecule has 1 aromatic heterocycles. The predicted molar refractivity (Wildman–Crippen MR) is 160 cm³/mol. The van der Waals surface area contributed by atoms with Crippen molar-refractivity contribution in [2.24, 2.45) is 0 Å². The molecular formula is C31H50FNO2S. The molecule has 1 atom stereocenters. The zero-order valence-electron chi connectivity index (χ0n) is 24.2. The lowest BCUT2D eigenvalue weighted by molar-refractivity contribution is -0.137. The Kier molecular flexibility index (Phi) is 20.8. The first-order chi connectivity index (χ1) is 17.3. The number of carboxylic acid groups (broad SMARTS) is 1. The highest BCUT2D eigenvalue weighted by Crippen LogP contribution is 2.47. The molecule has 0 spiro atoms. The molecule has 36 heavy (non-hydrogen) atoms. The Morgan fingerprint density at radius 3 is 2.19 bits per heavy atom. The highest BCUT2D eigenvalue weighted by molar-refractivity contribution is 8.02. The van der Waals surface area contributed by atoms with E-state index < -0.39 is 5.97 Å². The maximum absolute atomic E-state index is 14.2. The average Bonchev–Trinajstić information content (AvgIpc) is 3.40. The molecule has 1 aliphatic rings. The fourth-order valence-corrected chi connectivity index (χ4v) is 4.88. The third-order valence-electron chi connectivity index (χ3n) is 5.09. The monoisotopic (exact) mass is 519 g/mol. The van der Waals surface area contributed by atoms with Gasteiger partial charge in [-0.05, 0) is 55.2 Å². The Morgan fingerprint density at radius 2 is 1.75 bits per heavy atom. The molecule has 0 radical (unpaired) electrons. The molecule has 1 aromatic carbocycles. The van der Waals surface area contributed by atoms with Crippen LogP contribution in [0, 0.1) is 5.82 Å². The van der Waals surface area contributed by atoms with Crippen molar-refractivity contribution in [2.45, 2.75) is 111 Å². The molecule has 0 saturated carbocycles. The summed E-state index contributed by atoms with van der Waals surface area (Å²) in [5.41, 5.74) is 2.97. The molecule has 1 aliphatic heterocycles. The first kappa shape index (κ1) is 35.9. The molecule has 0 bridgehead atoms. The lowest BCUT2D eigenvalue weighted by Crippen LogP contribution is -2.04. The molecule has 0 saturated heterocycles. The summed E-state index contributed by atoms with van der Waals surface area (Å²) in [7, 11) is 0. The van der Waals surface area contributed by atoms with Gasteiger partial charge >= 0.3 is 5.97 Å². The summed E-state index contributed by atoms with van der Waals surface area (Å²) >= 11 is 1.64. The molecule has 0 amide bonds. The van der Waals surface area contributed by atoms with E-state index in [1.54, 1.807) is 30.0 Å². The van der Waals surface area contributed by atoms with Crippen molar-refractivity contribution in [1.82, 2.24) is 4.57 Å². The summed E-state index contributed by atoms with van der Waals surface area (Å²) in [6, 6.07) is 3.23. The molecule has 204 valence electrons. The Labute approximate surface area is 224 Å². The molecule has 0 aliphatic carbocycles. The van der Waals surface area contributed by atoms with Crippen LogP contribution in [0.15, 0.2) is 53.8 Å². The molecule has 1 unspecified atom stereocenters. The van der Waals surface area contributed by atoms with Crippen molar-refractivity contribution in [3.8, 4) is 0 Å². The van der Waals surface area contributed by atoms with E-state index in [9.17, 15) is 14.3 Å². The Bertz CT molecular complexity index is 944. The van der Waals surface area contributed by atoms with Crippen molar-refractivity contribution >= 4 is 28.6 Å². The third-order valence-corrected chi connectivity index (χ3v) is 6.07. The number of carbonyl (C=O) groups is 1.